The van der Waals surface area contributed by atoms with Crippen molar-refractivity contribution in [3.63, 3.8) is 0 Å². The van der Waals surface area contributed by atoms with Crippen LogP contribution in [-0.2, 0) is 0 Å². The molecule has 0 aliphatic heterocycles. The molecule has 1 rings (SSSR count). The monoisotopic (exact) mass is 235 g/mol. The lowest BCUT2D eigenvalue weighted by molar-refractivity contribution is 0.255. The summed E-state index contributed by atoms with van der Waals surface area (Å²) < 4.78 is 0. The number of anilines is 1. The van der Waals surface area contributed by atoms with E-state index in [0.29, 0.717) is 5.69 Å². The number of carbonyl (C=O) groups is 1. The molecule has 0 aromatic carbocycles. The fraction of sp³-hybridized carbons (Fsp3) is 0.364. The molecule has 1 heterocycles. The minimum Gasteiger partial charge on any atom is -0.352 e. The minimum absolute atomic E-state index is 0.0379. The Balaban J connectivity index is 2.43. The number of urea groups is 1. The highest BCUT2D eigenvalue weighted by Crippen LogP contribution is 2.02. The molecule has 0 unspecified atom stereocenters. The van der Waals surface area contributed by atoms with Gasteiger partial charge in [0.2, 0.25) is 0 Å². The zero-order chi connectivity index (χ0) is 12.9. The van der Waals surface area contributed by atoms with Gasteiger partial charge in [-0.25, -0.2) is 4.79 Å². The molecule has 6 nitrogen and oxygen atoms in total. The highest BCUT2D eigenvalue weighted by Gasteiger charge is 2.12. The first-order chi connectivity index (χ1) is 7.87. The summed E-state index contributed by atoms with van der Waals surface area (Å²) in [6.45, 7) is 5.72. The molecule has 0 spiro atoms. The molecule has 0 saturated carbocycles. The van der Waals surface area contributed by atoms with Crippen LogP contribution in [0.2, 0.25) is 0 Å². The van der Waals surface area contributed by atoms with Crippen LogP contribution in [-0.4, -0.2) is 22.5 Å². The fourth-order valence-electron chi connectivity index (χ4n) is 1.12. The molecule has 4 N–H and O–H groups in total. The first-order valence-corrected chi connectivity index (χ1v) is 5.21. The third-order valence-electron chi connectivity index (χ3n) is 1.68. The van der Waals surface area contributed by atoms with E-state index >= 15 is 0 Å². The third-order valence-corrected chi connectivity index (χ3v) is 1.68. The van der Waals surface area contributed by atoms with E-state index in [1.54, 1.807) is 24.5 Å². The number of hydrogen-bond acceptors (Lipinski definition) is 3. The first-order valence-electron chi connectivity index (χ1n) is 5.21. The van der Waals surface area contributed by atoms with Gasteiger partial charge in [-0.05, 0) is 32.9 Å². The number of carbonyl (C=O) groups excluding carboxylic acids is 1. The Kier molecular flexibility index (Phi) is 4.03. The largest absolute Gasteiger partial charge is 0.352 e. The number of pyridine rings is 1. The number of hydrogen-bond donors (Lipinski definition) is 4. The average Bonchev–Trinajstić information content (AvgIpc) is 2.15. The molecule has 1 aromatic heterocycles. The van der Waals surface area contributed by atoms with Gasteiger partial charge in [0.1, 0.15) is 0 Å². The van der Waals surface area contributed by atoms with Gasteiger partial charge < -0.3 is 10.6 Å². The van der Waals surface area contributed by atoms with Crippen LogP contribution in [0.5, 0.6) is 0 Å². The third kappa shape index (κ3) is 5.50. The molecule has 0 radical (unpaired) electrons. The molecular formula is C11H17N5O. The van der Waals surface area contributed by atoms with E-state index in [2.05, 4.69) is 20.9 Å². The molecule has 0 bridgehead atoms. The minimum atomic E-state index is -0.460. The Hall–Kier alpha value is -2.11. The Morgan fingerprint density at radius 1 is 1.29 bits per heavy atom. The molecule has 0 saturated heterocycles. The van der Waals surface area contributed by atoms with Crippen LogP contribution in [0.25, 0.3) is 0 Å². The second-order valence-corrected chi connectivity index (χ2v) is 4.57. The van der Waals surface area contributed by atoms with Crippen LogP contribution in [0.1, 0.15) is 20.8 Å². The SMILES string of the molecule is CC(C)(C)NC(=N)NC(=O)Nc1ccncc1. The summed E-state index contributed by atoms with van der Waals surface area (Å²) in [7, 11) is 0. The van der Waals surface area contributed by atoms with Crippen molar-refractivity contribution in [3.05, 3.63) is 24.5 Å². The summed E-state index contributed by atoms with van der Waals surface area (Å²) in [5.74, 6) is -0.0379. The average molecular weight is 235 g/mol. The van der Waals surface area contributed by atoms with E-state index in [4.69, 9.17) is 5.41 Å². The molecule has 2 amide bonds. The molecule has 0 aliphatic carbocycles. The topological polar surface area (TPSA) is 89.9 Å². The van der Waals surface area contributed by atoms with Crippen LogP contribution in [0.15, 0.2) is 24.5 Å². The molecule has 0 aliphatic rings. The van der Waals surface area contributed by atoms with E-state index in [-0.39, 0.29) is 11.5 Å². The maximum absolute atomic E-state index is 11.5. The number of amides is 2. The maximum Gasteiger partial charge on any atom is 0.325 e. The van der Waals surface area contributed by atoms with Crippen LogP contribution in [0.4, 0.5) is 10.5 Å². The Morgan fingerprint density at radius 2 is 1.88 bits per heavy atom. The van der Waals surface area contributed by atoms with Gasteiger partial charge in [-0.2, -0.15) is 0 Å². The summed E-state index contributed by atoms with van der Waals surface area (Å²) in [4.78, 5) is 15.3. The van der Waals surface area contributed by atoms with Crippen molar-refractivity contribution in [3.8, 4) is 0 Å². The van der Waals surface area contributed by atoms with Gasteiger partial charge in [-0.15, -0.1) is 0 Å². The number of rotatable bonds is 1. The summed E-state index contributed by atoms with van der Waals surface area (Å²) in [6.07, 6.45) is 3.16. The van der Waals surface area contributed by atoms with E-state index in [0.717, 1.165) is 0 Å². The van der Waals surface area contributed by atoms with Crippen molar-refractivity contribution < 1.29 is 4.79 Å². The van der Waals surface area contributed by atoms with Gasteiger partial charge in [0.15, 0.2) is 5.96 Å². The molecular weight excluding hydrogens is 218 g/mol. The molecule has 0 fully saturated rings. The highest BCUT2D eigenvalue weighted by molar-refractivity contribution is 6.01. The number of nitrogens with one attached hydrogen (secondary N) is 4. The van der Waals surface area contributed by atoms with E-state index in [1.807, 2.05) is 20.8 Å². The van der Waals surface area contributed by atoms with Gasteiger partial charge in [-0.3, -0.25) is 15.7 Å². The van der Waals surface area contributed by atoms with Crippen molar-refractivity contribution in [1.29, 1.82) is 5.41 Å². The molecule has 92 valence electrons. The summed E-state index contributed by atoms with van der Waals surface area (Å²) >= 11 is 0. The van der Waals surface area contributed by atoms with E-state index < -0.39 is 6.03 Å². The van der Waals surface area contributed by atoms with Crippen molar-refractivity contribution in [2.45, 2.75) is 26.3 Å². The molecule has 17 heavy (non-hydrogen) atoms. The second-order valence-electron chi connectivity index (χ2n) is 4.57. The van der Waals surface area contributed by atoms with Crippen molar-refractivity contribution >= 4 is 17.7 Å². The van der Waals surface area contributed by atoms with Crippen LogP contribution < -0.4 is 16.0 Å². The highest BCUT2D eigenvalue weighted by atomic mass is 16.2. The Morgan fingerprint density at radius 3 is 2.41 bits per heavy atom. The predicted octanol–water partition coefficient (Wildman–Crippen LogP) is 1.53. The van der Waals surface area contributed by atoms with E-state index in [1.165, 1.54) is 0 Å². The Labute approximate surface area is 100 Å². The normalized spacial score (nSPS) is 10.5. The van der Waals surface area contributed by atoms with Crippen molar-refractivity contribution in [1.82, 2.24) is 15.6 Å². The van der Waals surface area contributed by atoms with Gasteiger partial charge >= 0.3 is 6.03 Å². The molecule has 6 heteroatoms. The van der Waals surface area contributed by atoms with Gasteiger partial charge in [0, 0.05) is 23.6 Å². The summed E-state index contributed by atoms with van der Waals surface area (Å²) in [5.41, 5.74) is 0.363. The lowest BCUT2D eigenvalue weighted by atomic mass is 10.1. The van der Waals surface area contributed by atoms with Gasteiger partial charge in [-0.1, -0.05) is 0 Å². The van der Waals surface area contributed by atoms with Gasteiger partial charge in [0.25, 0.3) is 0 Å². The van der Waals surface area contributed by atoms with Crippen molar-refractivity contribution in [2.75, 3.05) is 5.32 Å². The first kappa shape index (κ1) is 13.0. The van der Waals surface area contributed by atoms with Crippen molar-refractivity contribution in [2.24, 2.45) is 0 Å². The zero-order valence-electron chi connectivity index (χ0n) is 10.2. The summed E-state index contributed by atoms with van der Waals surface area (Å²) in [6, 6.07) is 2.87. The predicted molar refractivity (Wildman–Crippen MR) is 67.0 cm³/mol. The maximum atomic E-state index is 11.5. The fourth-order valence-corrected chi connectivity index (χ4v) is 1.12. The van der Waals surface area contributed by atoms with Crippen LogP contribution >= 0.6 is 0 Å². The molecule has 0 atom stereocenters. The van der Waals surface area contributed by atoms with Crippen LogP contribution in [0, 0.1) is 5.41 Å². The lowest BCUT2D eigenvalue weighted by Crippen LogP contribution is -2.49. The smallest absolute Gasteiger partial charge is 0.325 e. The van der Waals surface area contributed by atoms with Crippen LogP contribution in [0.3, 0.4) is 0 Å². The van der Waals surface area contributed by atoms with Gasteiger partial charge in [0.05, 0.1) is 0 Å². The Bertz CT molecular complexity index is 396. The number of aromatic nitrogens is 1. The van der Waals surface area contributed by atoms with E-state index in [9.17, 15) is 4.79 Å². The molecule has 1 aromatic rings. The number of nitrogens with zero attached hydrogens (tertiary/aromatic N) is 1. The lowest BCUT2D eigenvalue weighted by Gasteiger charge is -2.22. The quantitative estimate of drug-likeness (QED) is 0.439. The number of guanidine groups is 1. The standard InChI is InChI=1S/C11H17N5O/c1-11(2,3)16-9(12)15-10(17)14-8-4-6-13-7-5-8/h4-7H,1-3H3,(H4,12,13,14,15,16,17). The zero-order valence-corrected chi connectivity index (χ0v) is 10.2. The second kappa shape index (κ2) is 5.29. The summed E-state index contributed by atoms with van der Waals surface area (Å²) in [5, 5.41) is 15.4.